The molecule has 0 unspecified atom stereocenters. The Morgan fingerprint density at radius 2 is 2.00 bits per heavy atom. The number of hydrogen-bond donors (Lipinski definition) is 1. The summed E-state index contributed by atoms with van der Waals surface area (Å²) in [5.41, 5.74) is 1.56. The lowest BCUT2D eigenvalue weighted by Gasteiger charge is -2.04. The topological polar surface area (TPSA) is 50.2 Å². The second-order valence-electron chi connectivity index (χ2n) is 3.21. The Labute approximate surface area is 97.3 Å². The molecule has 0 saturated heterocycles. The second-order valence-corrected chi connectivity index (χ2v) is 3.62. The number of nitrogens with zero attached hydrogens (tertiary/aromatic N) is 1. The number of benzene rings is 1. The molecule has 3 nitrogen and oxygen atoms in total. The molecular formula is C12H8ClNO2. The molecule has 1 heterocycles. The summed E-state index contributed by atoms with van der Waals surface area (Å²) < 4.78 is 0. The molecule has 1 aromatic carbocycles. The van der Waals surface area contributed by atoms with Crippen LogP contribution in [0.3, 0.4) is 0 Å². The molecule has 0 saturated carbocycles. The predicted molar refractivity (Wildman–Crippen MR) is 61.6 cm³/mol. The molecule has 0 aliphatic carbocycles. The monoisotopic (exact) mass is 233 g/mol. The van der Waals surface area contributed by atoms with Crippen molar-refractivity contribution < 1.29 is 9.90 Å². The number of rotatable bonds is 2. The highest BCUT2D eigenvalue weighted by molar-refractivity contribution is 6.33. The third kappa shape index (κ3) is 2.04. The van der Waals surface area contributed by atoms with E-state index in [0.29, 0.717) is 5.02 Å². The van der Waals surface area contributed by atoms with Crippen LogP contribution in [0.4, 0.5) is 0 Å². The molecule has 4 heteroatoms. The highest BCUT2D eigenvalue weighted by Gasteiger charge is 2.07. The molecule has 2 rings (SSSR count). The fraction of sp³-hybridized carbons (Fsp3) is 0. The van der Waals surface area contributed by atoms with E-state index in [1.54, 1.807) is 12.1 Å². The van der Waals surface area contributed by atoms with E-state index in [0.717, 1.165) is 11.1 Å². The Morgan fingerprint density at radius 3 is 2.69 bits per heavy atom. The van der Waals surface area contributed by atoms with Crippen molar-refractivity contribution in [2.24, 2.45) is 0 Å². The SMILES string of the molecule is O=C(O)c1cc(-c2ccccc2Cl)ccn1. The Kier molecular flexibility index (Phi) is 2.88. The summed E-state index contributed by atoms with van der Waals surface area (Å²) in [6.45, 7) is 0. The van der Waals surface area contributed by atoms with Crippen LogP contribution < -0.4 is 0 Å². The van der Waals surface area contributed by atoms with Crippen LogP contribution in [0.25, 0.3) is 11.1 Å². The summed E-state index contributed by atoms with van der Waals surface area (Å²) >= 11 is 6.02. The molecular weight excluding hydrogens is 226 g/mol. The van der Waals surface area contributed by atoms with Crippen molar-refractivity contribution in [2.45, 2.75) is 0 Å². The van der Waals surface area contributed by atoms with Crippen molar-refractivity contribution in [3.05, 3.63) is 53.3 Å². The first-order valence-corrected chi connectivity index (χ1v) is 5.00. The number of aromatic nitrogens is 1. The zero-order valence-corrected chi connectivity index (χ0v) is 8.98. The molecule has 16 heavy (non-hydrogen) atoms. The molecule has 0 bridgehead atoms. The van der Waals surface area contributed by atoms with Crippen LogP contribution in [0, 0.1) is 0 Å². The molecule has 0 aliphatic heterocycles. The Bertz CT molecular complexity index is 540. The number of hydrogen-bond acceptors (Lipinski definition) is 2. The van der Waals surface area contributed by atoms with Gasteiger partial charge in [-0.15, -0.1) is 0 Å². The molecule has 0 amide bonds. The van der Waals surface area contributed by atoms with E-state index in [-0.39, 0.29) is 5.69 Å². The van der Waals surface area contributed by atoms with E-state index in [1.165, 1.54) is 12.3 Å². The van der Waals surface area contributed by atoms with E-state index in [9.17, 15) is 4.79 Å². The maximum absolute atomic E-state index is 10.8. The van der Waals surface area contributed by atoms with Gasteiger partial charge in [0.05, 0.1) is 0 Å². The minimum absolute atomic E-state index is 0.0115. The quantitative estimate of drug-likeness (QED) is 0.867. The van der Waals surface area contributed by atoms with Crippen LogP contribution in [-0.2, 0) is 0 Å². The van der Waals surface area contributed by atoms with Gasteiger partial charge in [-0.25, -0.2) is 9.78 Å². The van der Waals surface area contributed by atoms with E-state index < -0.39 is 5.97 Å². The first-order chi connectivity index (χ1) is 7.68. The molecule has 0 atom stereocenters. The summed E-state index contributed by atoms with van der Waals surface area (Å²) in [6.07, 6.45) is 1.46. The van der Waals surface area contributed by atoms with Gasteiger partial charge < -0.3 is 5.11 Å². The van der Waals surface area contributed by atoms with Gasteiger partial charge in [-0.3, -0.25) is 0 Å². The number of halogens is 1. The van der Waals surface area contributed by atoms with Gasteiger partial charge >= 0.3 is 5.97 Å². The van der Waals surface area contributed by atoms with Crippen molar-refractivity contribution in [1.29, 1.82) is 0 Å². The fourth-order valence-electron chi connectivity index (χ4n) is 1.41. The van der Waals surface area contributed by atoms with Gasteiger partial charge in [-0.2, -0.15) is 0 Å². The van der Waals surface area contributed by atoms with Gasteiger partial charge in [0.25, 0.3) is 0 Å². The maximum atomic E-state index is 10.8. The molecule has 2 aromatic rings. The van der Waals surface area contributed by atoms with E-state index >= 15 is 0 Å². The average Bonchev–Trinajstić information content (AvgIpc) is 2.30. The Balaban J connectivity index is 2.53. The highest BCUT2D eigenvalue weighted by atomic mass is 35.5. The average molecular weight is 234 g/mol. The maximum Gasteiger partial charge on any atom is 0.354 e. The summed E-state index contributed by atoms with van der Waals surface area (Å²) in [5, 5.41) is 9.42. The van der Waals surface area contributed by atoms with Crippen molar-refractivity contribution in [3.63, 3.8) is 0 Å². The summed E-state index contributed by atoms with van der Waals surface area (Å²) in [5.74, 6) is -1.05. The Hall–Kier alpha value is -1.87. The highest BCUT2D eigenvalue weighted by Crippen LogP contribution is 2.27. The summed E-state index contributed by atoms with van der Waals surface area (Å²) in [4.78, 5) is 14.5. The summed E-state index contributed by atoms with van der Waals surface area (Å²) in [7, 11) is 0. The minimum atomic E-state index is -1.05. The van der Waals surface area contributed by atoms with E-state index in [2.05, 4.69) is 4.98 Å². The second kappa shape index (κ2) is 4.33. The Morgan fingerprint density at radius 1 is 1.25 bits per heavy atom. The van der Waals surface area contributed by atoms with Crippen LogP contribution in [-0.4, -0.2) is 16.1 Å². The van der Waals surface area contributed by atoms with Crippen LogP contribution >= 0.6 is 11.6 Å². The first-order valence-electron chi connectivity index (χ1n) is 4.63. The number of carboxylic acid groups (broad SMARTS) is 1. The minimum Gasteiger partial charge on any atom is -0.477 e. The van der Waals surface area contributed by atoms with Gasteiger partial charge in [-0.05, 0) is 23.8 Å². The normalized spacial score (nSPS) is 10.1. The van der Waals surface area contributed by atoms with Crippen LogP contribution in [0.2, 0.25) is 5.02 Å². The molecule has 1 N–H and O–H groups in total. The molecule has 0 fully saturated rings. The van der Waals surface area contributed by atoms with Gasteiger partial charge in [0.1, 0.15) is 5.69 Å². The fourth-order valence-corrected chi connectivity index (χ4v) is 1.66. The standard InChI is InChI=1S/C12H8ClNO2/c13-10-4-2-1-3-9(10)8-5-6-14-11(7-8)12(15)16/h1-7H,(H,15,16). The third-order valence-corrected chi connectivity index (χ3v) is 2.49. The largest absolute Gasteiger partial charge is 0.477 e. The van der Waals surface area contributed by atoms with Crippen molar-refractivity contribution in [2.75, 3.05) is 0 Å². The zero-order chi connectivity index (χ0) is 11.5. The molecule has 80 valence electrons. The van der Waals surface area contributed by atoms with Gasteiger partial charge in [0.2, 0.25) is 0 Å². The lowest BCUT2D eigenvalue weighted by Crippen LogP contribution is -1.99. The number of carboxylic acids is 1. The number of aromatic carboxylic acids is 1. The van der Waals surface area contributed by atoms with Gasteiger partial charge in [0, 0.05) is 16.8 Å². The van der Waals surface area contributed by atoms with Crippen molar-refractivity contribution in [1.82, 2.24) is 4.98 Å². The lowest BCUT2D eigenvalue weighted by atomic mass is 10.1. The molecule has 0 aliphatic rings. The van der Waals surface area contributed by atoms with Gasteiger partial charge in [-0.1, -0.05) is 29.8 Å². The lowest BCUT2D eigenvalue weighted by molar-refractivity contribution is 0.0690. The molecule has 1 aromatic heterocycles. The van der Waals surface area contributed by atoms with Crippen LogP contribution in [0.1, 0.15) is 10.5 Å². The smallest absolute Gasteiger partial charge is 0.354 e. The van der Waals surface area contributed by atoms with Crippen molar-refractivity contribution >= 4 is 17.6 Å². The number of carbonyl (C=O) groups is 1. The molecule has 0 spiro atoms. The van der Waals surface area contributed by atoms with E-state index in [1.807, 2.05) is 18.2 Å². The summed E-state index contributed by atoms with van der Waals surface area (Å²) in [6, 6.07) is 10.5. The van der Waals surface area contributed by atoms with E-state index in [4.69, 9.17) is 16.7 Å². The zero-order valence-electron chi connectivity index (χ0n) is 8.22. The van der Waals surface area contributed by atoms with Gasteiger partial charge in [0.15, 0.2) is 0 Å². The third-order valence-electron chi connectivity index (χ3n) is 2.16. The van der Waals surface area contributed by atoms with Crippen LogP contribution in [0.5, 0.6) is 0 Å². The molecule has 0 radical (unpaired) electrons. The number of pyridine rings is 1. The first kappa shape index (κ1) is 10.6. The predicted octanol–water partition coefficient (Wildman–Crippen LogP) is 3.10. The van der Waals surface area contributed by atoms with Crippen LogP contribution in [0.15, 0.2) is 42.6 Å². The van der Waals surface area contributed by atoms with Crippen molar-refractivity contribution in [3.8, 4) is 11.1 Å².